The molecule has 1 fully saturated rings. The second kappa shape index (κ2) is 4.99. The molecule has 5 atom stereocenters. The predicted molar refractivity (Wildman–Crippen MR) is 76.0 cm³/mol. The van der Waals surface area contributed by atoms with Crippen molar-refractivity contribution in [1.29, 1.82) is 0 Å². The molecule has 0 spiro atoms. The molecule has 8 nitrogen and oxygen atoms in total. The summed E-state index contributed by atoms with van der Waals surface area (Å²) in [5.41, 5.74) is 7.63. The van der Waals surface area contributed by atoms with Crippen LogP contribution in [0, 0.1) is 6.92 Å². The molecule has 21 heavy (non-hydrogen) atoms. The number of nitrogens with two attached hydrogens (primary N) is 1. The number of ether oxygens (including phenoxy) is 1. The van der Waals surface area contributed by atoms with E-state index in [9.17, 15) is 15.3 Å². The van der Waals surface area contributed by atoms with Crippen LogP contribution in [-0.2, 0) is 4.74 Å². The first-order valence-electron chi connectivity index (χ1n) is 6.88. The Morgan fingerprint density at radius 2 is 2.14 bits per heavy atom. The van der Waals surface area contributed by atoms with Gasteiger partial charge in [-0.3, -0.25) is 0 Å². The van der Waals surface area contributed by atoms with E-state index in [1.54, 1.807) is 10.8 Å². The highest BCUT2D eigenvalue weighted by Gasteiger charge is 2.44. The first-order chi connectivity index (χ1) is 9.93. The smallest absolute Gasteiger partial charge is 0.164 e. The second-order valence-corrected chi connectivity index (χ2v) is 5.51. The minimum absolute atomic E-state index is 0.192. The van der Waals surface area contributed by atoms with E-state index < -0.39 is 24.5 Å². The van der Waals surface area contributed by atoms with Gasteiger partial charge < -0.3 is 35.7 Å². The van der Waals surface area contributed by atoms with Gasteiger partial charge in [-0.05, 0) is 19.4 Å². The topological polar surface area (TPSA) is 125 Å². The van der Waals surface area contributed by atoms with Crippen molar-refractivity contribution >= 4 is 11.7 Å². The zero-order valence-corrected chi connectivity index (χ0v) is 11.9. The molecule has 0 bridgehead atoms. The number of aliphatic imine (C=N–C) groups is 1. The number of amidine groups is 1. The van der Waals surface area contributed by atoms with Gasteiger partial charge in [-0.25, -0.2) is 4.99 Å². The highest BCUT2D eigenvalue weighted by atomic mass is 16.6. The largest absolute Gasteiger partial charge is 0.394 e. The van der Waals surface area contributed by atoms with E-state index in [4.69, 9.17) is 10.5 Å². The van der Waals surface area contributed by atoms with Crippen molar-refractivity contribution in [3.63, 3.8) is 0 Å². The fourth-order valence-corrected chi connectivity index (χ4v) is 2.94. The molecule has 0 aliphatic carbocycles. The maximum absolute atomic E-state index is 10.2. The number of aromatic nitrogens is 1. The fraction of sp³-hybridized carbons (Fsp3) is 0.615. The van der Waals surface area contributed by atoms with E-state index in [2.05, 4.69) is 10.3 Å². The van der Waals surface area contributed by atoms with Gasteiger partial charge in [-0.15, -0.1) is 0 Å². The van der Waals surface area contributed by atoms with E-state index >= 15 is 0 Å². The van der Waals surface area contributed by atoms with Crippen LogP contribution in [0.25, 0.3) is 0 Å². The quantitative estimate of drug-likeness (QED) is 0.471. The summed E-state index contributed by atoms with van der Waals surface area (Å²) < 4.78 is 7.26. The average molecular weight is 296 g/mol. The van der Waals surface area contributed by atoms with Crippen molar-refractivity contribution in [1.82, 2.24) is 4.57 Å². The number of hydrogen-bond acceptors (Lipinski definition) is 7. The van der Waals surface area contributed by atoms with Gasteiger partial charge in [0.25, 0.3) is 0 Å². The number of hydrogen-bond donors (Lipinski definition) is 5. The first-order valence-corrected chi connectivity index (χ1v) is 6.88. The SMILES string of the molecule is Cc1cn(C2OC(CO)C(O)C2O)c2c1C(N)=NC(C)N2. The molecule has 5 unspecified atom stereocenters. The summed E-state index contributed by atoms with van der Waals surface area (Å²) in [4.78, 5) is 4.27. The Bertz CT molecular complexity index is 585. The summed E-state index contributed by atoms with van der Waals surface area (Å²) in [7, 11) is 0. The van der Waals surface area contributed by atoms with Crippen LogP contribution in [0.1, 0.15) is 24.3 Å². The van der Waals surface area contributed by atoms with Gasteiger partial charge >= 0.3 is 0 Å². The van der Waals surface area contributed by atoms with Gasteiger partial charge in [-0.2, -0.15) is 0 Å². The van der Waals surface area contributed by atoms with Crippen molar-refractivity contribution in [3.8, 4) is 0 Å². The zero-order valence-electron chi connectivity index (χ0n) is 11.9. The molecule has 6 N–H and O–H groups in total. The standard InChI is InChI=1S/C13H20N4O4/c1-5-3-17(12-8(5)11(14)15-6(2)16-12)13-10(20)9(19)7(4-18)21-13/h3,6-7,9-10,13,16,18-20H,4H2,1-2H3,(H2,14,15). The summed E-state index contributed by atoms with van der Waals surface area (Å²) in [5, 5.41) is 32.4. The number of fused-ring (bicyclic) bond motifs is 1. The molecule has 2 aliphatic heterocycles. The highest BCUT2D eigenvalue weighted by Crippen LogP contribution is 2.36. The van der Waals surface area contributed by atoms with Crippen LogP contribution in [-0.4, -0.2) is 56.8 Å². The average Bonchev–Trinajstić information content (AvgIpc) is 2.89. The molecule has 116 valence electrons. The molecule has 3 heterocycles. The Kier molecular flexibility index (Phi) is 3.40. The predicted octanol–water partition coefficient (Wildman–Crippen LogP) is -1.12. The minimum atomic E-state index is -1.13. The molecular weight excluding hydrogens is 276 g/mol. The van der Waals surface area contributed by atoms with Crippen LogP contribution in [0.3, 0.4) is 0 Å². The van der Waals surface area contributed by atoms with Crippen LogP contribution >= 0.6 is 0 Å². The molecule has 0 amide bonds. The van der Waals surface area contributed by atoms with Crippen molar-refractivity contribution in [2.75, 3.05) is 11.9 Å². The third-order valence-electron chi connectivity index (χ3n) is 3.95. The van der Waals surface area contributed by atoms with Crippen LogP contribution in [0.4, 0.5) is 5.82 Å². The van der Waals surface area contributed by atoms with Crippen LogP contribution in [0.5, 0.6) is 0 Å². The summed E-state index contributed by atoms with van der Waals surface area (Å²) in [5.74, 6) is 1.13. The molecule has 0 aromatic carbocycles. The van der Waals surface area contributed by atoms with Crippen LogP contribution < -0.4 is 11.1 Å². The van der Waals surface area contributed by atoms with E-state index in [0.29, 0.717) is 11.7 Å². The number of nitrogens with zero attached hydrogens (tertiary/aromatic N) is 2. The van der Waals surface area contributed by atoms with Gasteiger partial charge in [0.05, 0.1) is 12.2 Å². The maximum atomic E-state index is 10.2. The summed E-state index contributed by atoms with van der Waals surface area (Å²) >= 11 is 0. The highest BCUT2D eigenvalue weighted by molar-refractivity contribution is 6.04. The molecule has 3 rings (SSSR count). The lowest BCUT2D eigenvalue weighted by atomic mass is 10.1. The molecular formula is C13H20N4O4. The van der Waals surface area contributed by atoms with Gasteiger partial charge in [0.2, 0.25) is 0 Å². The summed E-state index contributed by atoms with van der Waals surface area (Å²) in [6.45, 7) is 3.39. The molecule has 0 saturated carbocycles. The van der Waals surface area contributed by atoms with Crippen LogP contribution in [0.15, 0.2) is 11.2 Å². The molecule has 1 aromatic rings. The Morgan fingerprint density at radius 1 is 1.43 bits per heavy atom. The number of aliphatic hydroxyl groups is 3. The second-order valence-electron chi connectivity index (χ2n) is 5.51. The molecule has 1 saturated heterocycles. The number of rotatable bonds is 2. The normalized spacial score (nSPS) is 35.3. The Labute approximate surface area is 121 Å². The first kappa shape index (κ1) is 14.3. The number of aryl methyl sites for hydroxylation is 1. The van der Waals surface area contributed by atoms with Crippen molar-refractivity contribution < 1.29 is 20.1 Å². The third kappa shape index (κ3) is 2.11. The summed E-state index contributed by atoms with van der Waals surface area (Å²) in [6.07, 6.45) is -2.26. The zero-order chi connectivity index (χ0) is 15.3. The van der Waals surface area contributed by atoms with Gasteiger partial charge in [0.15, 0.2) is 6.23 Å². The van der Waals surface area contributed by atoms with E-state index in [0.717, 1.165) is 11.1 Å². The Hall–Kier alpha value is -1.61. The number of nitrogens with one attached hydrogen (secondary N) is 1. The maximum Gasteiger partial charge on any atom is 0.164 e. The minimum Gasteiger partial charge on any atom is -0.394 e. The van der Waals surface area contributed by atoms with Gasteiger partial charge in [0, 0.05) is 6.20 Å². The fourth-order valence-electron chi connectivity index (χ4n) is 2.94. The van der Waals surface area contributed by atoms with Crippen LogP contribution in [0.2, 0.25) is 0 Å². The molecule has 0 radical (unpaired) electrons. The lowest BCUT2D eigenvalue weighted by Gasteiger charge is -2.25. The third-order valence-corrected chi connectivity index (χ3v) is 3.95. The summed E-state index contributed by atoms with van der Waals surface area (Å²) in [6, 6.07) is 0. The lowest BCUT2D eigenvalue weighted by Crippen LogP contribution is -2.34. The Balaban J connectivity index is 2.02. The van der Waals surface area contributed by atoms with Crippen molar-refractivity contribution in [3.05, 3.63) is 17.3 Å². The number of aliphatic hydroxyl groups excluding tert-OH is 3. The Morgan fingerprint density at radius 3 is 2.76 bits per heavy atom. The molecule has 1 aromatic heterocycles. The van der Waals surface area contributed by atoms with Crippen molar-refractivity contribution in [2.24, 2.45) is 10.7 Å². The molecule has 2 aliphatic rings. The molecule has 8 heteroatoms. The van der Waals surface area contributed by atoms with Crippen molar-refractivity contribution in [2.45, 2.75) is 44.6 Å². The lowest BCUT2D eigenvalue weighted by molar-refractivity contribution is -0.0517. The van der Waals surface area contributed by atoms with E-state index in [1.165, 1.54) is 0 Å². The van der Waals surface area contributed by atoms with Gasteiger partial charge in [0.1, 0.15) is 36.1 Å². The number of anilines is 1. The van der Waals surface area contributed by atoms with Gasteiger partial charge in [-0.1, -0.05) is 0 Å². The van der Waals surface area contributed by atoms with E-state index in [-0.39, 0.29) is 12.8 Å². The monoisotopic (exact) mass is 296 g/mol. The van der Waals surface area contributed by atoms with E-state index in [1.807, 2.05) is 13.8 Å².